The second kappa shape index (κ2) is 3.31. The van der Waals surface area contributed by atoms with Gasteiger partial charge in [-0.25, -0.2) is 0 Å². The topological polar surface area (TPSA) is 44.9 Å². The number of hydrogen-bond donors (Lipinski definition) is 2. The highest BCUT2D eigenvalue weighted by atomic mass is 32.2. The third-order valence-electron chi connectivity index (χ3n) is 2.65. The van der Waals surface area contributed by atoms with Crippen LogP contribution in [0.15, 0.2) is 30.5 Å². The van der Waals surface area contributed by atoms with Crippen LogP contribution in [-0.4, -0.2) is 16.8 Å². The molecule has 2 heterocycles. The first kappa shape index (κ1) is 8.85. The average molecular weight is 218 g/mol. The monoisotopic (exact) mass is 218 g/mol. The van der Waals surface area contributed by atoms with Crippen molar-refractivity contribution in [3.8, 4) is 0 Å². The van der Waals surface area contributed by atoms with Crippen molar-refractivity contribution in [2.24, 2.45) is 0 Å². The van der Waals surface area contributed by atoms with Crippen molar-refractivity contribution in [3.05, 3.63) is 36.0 Å². The zero-order valence-electron chi connectivity index (χ0n) is 7.99. The molecule has 1 fully saturated rings. The van der Waals surface area contributed by atoms with E-state index in [1.165, 1.54) is 22.7 Å². The Labute approximate surface area is 91.2 Å². The Balaban J connectivity index is 2.07. The summed E-state index contributed by atoms with van der Waals surface area (Å²) in [5.74, 6) is 0. The van der Waals surface area contributed by atoms with E-state index in [1.54, 1.807) is 0 Å². The Morgan fingerprint density at radius 3 is 3.00 bits per heavy atom. The van der Waals surface area contributed by atoms with Crippen LogP contribution in [-0.2, 0) is 0 Å². The third-order valence-corrected chi connectivity index (χ3v) is 3.71. The maximum absolute atomic E-state index is 11.1. The molecule has 0 spiro atoms. The van der Waals surface area contributed by atoms with Crippen molar-refractivity contribution in [2.45, 2.75) is 5.25 Å². The summed E-state index contributed by atoms with van der Waals surface area (Å²) in [4.78, 5) is 14.4. The molecule has 1 unspecified atom stereocenters. The predicted molar refractivity (Wildman–Crippen MR) is 62.0 cm³/mol. The lowest BCUT2D eigenvalue weighted by molar-refractivity contribution is 0.262. The number of hydrogen-bond acceptors (Lipinski definition) is 2. The van der Waals surface area contributed by atoms with Gasteiger partial charge in [-0.1, -0.05) is 30.0 Å². The Morgan fingerprint density at radius 2 is 2.20 bits per heavy atom. The SMILES string of the molecule is O=C1NCC(c2c[nH]c3ccccc23)S1. The van der Waals surface area contributed by atoms with Gasteiger partial charge in [-0.2, -0.15) is 0 Å². The summed E-state index contributed by atoms with van der Waals surface area (Å²) in [5, 5.41) is 4.37. The highest BCUT2D eigenvalue weighted by molar-refractivity contribution is 8.14. The zero-order valence-corrected chi connectivity index (χ0v) is 8.80. The molecule has 1 aromatic heterocycles. The second-order valence-electron chi connectivity index (χ2n) is 3.56. The molecule has 1 atom stereocenters. The van der Waals surface area contributed by atoms with Crippen LogP contribution < -0.4 is 5.32 Å². The summed E-state index contributed by atoms with van der Waals surface area (Å²) >= 11 is 1.37. The van der Waals surface area contributed by atoms with Gasteiger partial charge in [0.1, 0.15) is 0 Å². The lowest BCUT2D eigenvalue weighted by atomic mass is 10.1. The standard InChI is InChI=1S/C11H10N2OS/c14-11-13-6-10(15-11)8-5-12-9-4-2-1-3-7(8)9/h1-5,10,12H,6H2,(H,13,14). The molecule has 4 heteroatoms. The van der Waals surface area contributed by atoms with Gasteiger partial charge in [0, 0.05) is 23.6 Å². The van der Waals surface area contributed by atoms with Gasteiger partial charge in [-0.15, -0.1) is 0 Å². The number of rotatable bonds is 1. The normalized spacial score (nSPS) is 20.8. The van der Waals surface area contributed by atoms with Gasteiger partial charge in [0.2, 0.25) is 0 Å². The number of H-pyrrole nitrogens is 1. The number of benzene rings is 1. The molecule has 15 heavy (non-hydrogen) atoms. The predicted octanol–water partition coefficient (Wildman–Crippen LogP) is 2.67. The van der Waals surface area contributed by atoms with E-state index in [0.717, 1.165) is 12.1 Å². The first-order valence-corrected chi connectivity index (χ1v) is 5.73. The van der Waals surface area contributed by atoms with Gasteiger partial charge in [-0.3, -0.25) is 4.79 Å². The van der Waals surface area contributed by atoms with Gasteiger partial charge in [0.25, 0.3) is 5.24 Å². The minimum Gasteiger partial charge on any atom is -0.361 e. The lowest BCUT2D eigenvalue weighted by Crippen LogP contribution is -2.11. The molecule has 1 amide bonds. The number of amides is 1. The number of aromatic amines is 1. The summed E-state index contributed by atoms with van der Waals surface area (Å²) < 4.78 is 0. The number of carbonyl (C=O) groups excluding carboxylic acids is 1. The van der Waals surface area contributed by atoms with E-state index in [1.807, 2.05) is 24.4 Å². The first-order valence-electron chi connectivity index (χ1n) is 4.85. The van der Waals surface area contributed by atoms with Crippen molar-refractivity contribution in [1.29, 1.82) is 0 Å². The van der Waals surface area contributed by atoms with E-state index in [0.29, 0.717) is 0 Å². The number of carbonyl (C=O) groups is 1. The summed E-state index contributed by atoms with van der Waals surface area (Å²) in [6.07, 6.45) is 2.00. The Kier molecular flexibility index (Phi) is 1.95. The van der Waals surface area contributed by atoms with E-state index in [-0.39, 0.29) is 10.5 Å². The van der Waals surface area contributed by atoms with Gasteiger partial charge in [0.05, 0.1) is 5.25 Å². The Bertz CT molecular complexity index is 520. The average Bonchev–Trinajstić information content (AvgIpc) is 2.83. The van der Waals surface area contributed by atoms with E-state index in [9.17, 15) is 4.79 Å². The van der Waals surface area contributed by atoms with Crippen LogP contribution in [0.1, 0.15) is 10.8 Å². The number of nitrogens with one attached hydrogen (secondary N) is 2. The molecule has 0 bridgehead atoms. The van der Waals surface area contributed by atoms with Crippen molar-refractivity contribution >= 4 is 27.9 Å². The number of thioether (sulfide) groups is 1. The zero-order chi connectivity index (χ0) is 10.3. The van der Waals surface area contributed by atoms with Crippen LogP contribution in [0.4, 0.5) is 4.79 Å². The van der Waals surface area contributed by atoms with Gasteiger partial charge < -0.3 is 10.3 Å². The molecule has 0 aliphatic carbocycles. The Hall–Kier alpha value is -1.42. The van der Waals surface area contributed by atoms with Crippen molar-refractivity contribution in [1.82, 2.24) is 10.3 Å². The second-order valence-corrected chi connectivity index (χ2v) is 4.74. The molecule has 1 aliphatic rings. The van der Waals surface area contributed by atoms with E-state index in [2.05, 4.69) is 16.4 Å². The quantitative estimate of drug-likeness (QED) is 0.773. The molecule has 3 nitrogen and oxygen atoms in total. The third kappa shape index (κ3) is 1.41. The largest absolute Gasteiger partial charge is 0.361 e. The maximum atomic E-state index is 11.1. The highest BCUT2D eigenvalue weighted by Crippen LogP contribution is 2.36. The minimum atomic E-state index is 0.0743. The van der Waals surface area contributed by atoms with E-state index >= 15 is 0 Å². The fourth-order valence-corrected chi connectivity index (χ4v) is 2.84. The van der Waals surface area contributed by atoms with Crippen molar-refractivity contribution < 1.29 is 4.79 Å². The summed E-state index contributed by atoms with van der Waals surface area (Å²) in [5.41, 5.74) is 2.35. The number of fused-ring (bicyclic) bond motifs is 1. The number of para-hydroxylation sites is 1. The van der Waals surface area contributed by atoms with Gasteiger partial charge in [-0.05, 0) is 11.6 Å². The molecule has 3 rings (SSSR count). The lowest BCUT2D eigenvalue weighted by Gasteiger charge is -2.03. The molecule has 1 aromatic carbocycles. The van der Waals surface area contributed by atoms with Crippen molar-refractivity contribution in [3.63, 3.8) is 0 Å². The van der Waals surface area contributed by atoms with E-state index in [4.69, 9.17) is 0 Å². The summed E-state index contributed by atoms with van der Waals surface area (Å²) in [6, 6.07) is 8.17. The minimum absolute atomic E-state index is 0.0743. The molecule has 0 saturated carbocycles. The Morgan fingerprint density at radius 1 is 1.33 bits per heavy atom. The maximum Gasteiger partial charge on any atom is 0.279 e. The highest BCUT2D eigenvalue weighted by Gasteiger charge is 2.25. The van der Waals surface area contributed by atoms with Gasteiger partial charge >= 0.3 is 0 Å². The molecular weight excluding hydrogens is 208 g/mol. The molecule has 2 aromatic rings. The molecule has 0 radical (unpaired) electrons. The van der Waals surface area contributed by atoms with Crippen molar-refractivity contribution in [2.75, 3.05) is 6.54 Å². The summed E-state index contributed by atoms with van der Waals surface area (Å²) in [7, 11) is 0. The van der Waals surface area contributed by atoms with Gasteiger partial charge in [0.15, 0.2) is 0 Å². The smallest absolute Gasteiger partial charge is 0.279 e. The fraction of sp³-hybridized carbons (Fsp3) is 0.182. The first-order chi connectivity index (χ1) is 7.34. The number of aromatic nitrogens is 1. The molecule has 1 aliphatic heterocycles. The molecule has 76 valence electrons. The summed E-state index contributed by atoms with van der Waals surface area (Å²) in [6.45, 7) is 0.728. The molecule has 2 N–H and O–H groups in total. The van der Waals surface area contributed by atoms with Crippen LogP contribution >= 0.6 is 11.8 Å². The molecule has 1 saturated heterocycles. The van der Waals surface area contributed by atoms with E-state index < -0.39 is 0 Å². The van der Waals surface area contributed by atoms with Crippen LogP contribution in [0.3, 0.4) is 0 Å². The fourth-order valence-electron chi connectivity index (χ4n) is 1.92. The van der Waals surface area contributed by atoms with Crippen LogP contribution in [0.2, 0.25) is 0 Å². The van der Waals surface area contributed by atoms with Crippen LogP contribution in [0.5, 0.6) is 0 Å². The van der Waals surface area contributed by atoms with Crippen LogP contribution in [0, 0.1) is 0 Å². The molecular formula is C11H10N2OS. The van der Waals surface area contributed by atoms with Crippen LogP contribution in [0.25, 0.3) is 10.9 Å².